The third kappa shape index (κ3) is 7.11. The fraction of sp³-hybridized carbons (Fsp3) is 0.185. The fourth-order valence-corrected chi connectivity index (χ4v) is 3.94. The number of carbonyl (C=O) groups is 1. The number of nitrogen functional groups attached to an aromatic ring is 1. The lowest BCUT2D eigenvalue weighted by Gasteiger charge is -2.12. The summed E-state index contributed by atoms with van der Waals surface area (Å²) in [5, 5.41) is 13.7. The SMILES string of the molecule is CCOc1ccccc1N.CCOc1ccccc1N/C=C1\C(=O)N(c2ccc(S(N)(=O)=O)cc2)N=C1C. The second-order valence-electron chi connectivity index (χ2n) is 7.94. The molecule has 0 unspecified atom stereocenters. The molecule has 11 heteroatoms. The molecule has 200 valence electrons. The van der Waals surface area contributed by atoms with Crippen molar-refractivity contribution in [2.45, 2.75) is 25.7 Å². The van der Waals surface area contributed by atoms with Crippen molar-refractivity contribution in [1.29, 1.82) is 0 Å². The smallest absolute Gasteiger partial charge is 0.282 e. The molecule has 1 aliphatic heterocycles. The first-order valence-corrected chi connectivity index (χ1v) is 13.4. The van der Waals surface area contributed by atoms with Gasteiger partial charge in [0, 0.05) is 6.20 Å². The Morgan fingerprint density at radius 3 is 2.11 bits per heavy atom. The number of benzene rings is 3. The Balaban J connectivity index is 0.000000336. The van der Waals surface area contributed by atoms with Crippen molar-refractivity contribution in [2.24, 2.45) is 10.2 Å². The lowest BCUT2D eigenvalue weighted by molar-refractivity contribution is -0.114. The van der Waals surface area contributed by atoms with Crippen molar-refractivity contribution in [3.05, 3.63) is 84.6 Å². The molecule has 1 aliphatic rings. The number of nitrogens with zero attached hydrogens (tertiary/aromatic N) is 2. The summed E-state index contributed by atoms with van der Waals surface area (Å²) in [7, 11) is -3.80. The lowest BCUT2D eigenvalue weighted by atomic mass is 10.2. The van der Waals surface area contributed by atoms with Crippen LogP contribution < -0.4 is 30.7 Å². The molecular formula is C27H31N5O5S. The summed E-state index contributed by atoms with van der Waals surface area (Å²) in [6.45, 7) is 6.74. The molecule has 38 heavy (non-hydrogen) atoms. The van der Waals surface area contributed by atoms with Gasteiger partial charge in [0.1, 0.15) is 11.5 Å². The zero-order chi connectivity index (χ0) is 27.7. The maximum absolute atomic E-state index is 12.8. The summed E-state index contributed by atoms with van der Waals surface area (Å²) >= 11 is 0. The number of hydrogen-bond acceptors (Lipinski definition) is 8. The predicted octanol–water partition coefficient (Wildman–Crippen LogP) is 4.12. The van der Waals surface area contributed by atoms with E-state index < -0.39 is 10.0 Å². The first-order valence-electron chi connectivity index (χ1n) is 11.8. The van der Waals surface area contributed by atoms with E-state index in [1.165, 1.54) is 29.3 Å². The summed E-state index contributed by atoms with van der Waals surface area (Å²) in [4.78, 5) is 12.7. The highest BCUT2D eigenvalue weighted by Gasteiger charge is 2.29. The number of rotatable bonds is 8. The highest BCUT2D eigenvalue weighted by atomic mass is 32.2. The highest BCUT2D eigenvalue weighted by molar-refractivity contribution is 7.89. The zero-order valence-corrected chi connectivity index (χ0v) is 22.2. The Labute approximate surface area is 222 Å². The van der Waals surface area contributed by atoms with Crippen LogP contribution in [0, 0.1) is 0 Å². The number of nitrogens with one attached hydrogen (secondary N) is 1. The normalized spacial score (nSPS) is 14.0. The van der Waals surface area contributed by atoms with Gasteiger partial charge in [-0.1, -0.05) is 24.3 Å². The van der Waals surface area contributed by atoms with Crippen molar-refractivity contribution in [3.63, 3.8) is 0 Å². The van der Waals surface area contributed by atoms with E-state index in [1.54, 1.807) is 13.1 Å². The number of hydrazone groups is 1. The molecule has 5 N–H and O–H groups in total. The second kappa shape index (κ2) is 12.7. The predicted molar refractivity (Wildman–Crippen MR) is 150 cm³/mol. The van der Waals surface area contributed by atoms with Gasteiger partial charge < -0.3 is 20.5 Å². The van der Waals surface area contributed by atoms with Crippen LogP contribution >= 0.6 is 0 Å². The number of ether oxygens (including phenoxy) is 2. The van der Waals surface area contributed by atoms with Crippen LogP contribution in [0.5, 0.6) is 11.5 Å². The summed E-state index contributed by atoms with van der Waals surface area (Å²) in [6, 6.07) is 20.5. The molecule has 0 aromatic heterocycles. The summed E-state index contributed by atoms with van der Waals surface area (Å²) in [5.74, 6) is 1.12. The molecule has 0 saturated carbocycles. The van der Waals surface area contributed by atoms with Crippen LogP contribution in [0.2, 0.25) is 0 Å². The molecule has 0 aliphatic carbocycles. The molecule has 0 atom stereocenters. The van der Waals surface area contributed by atoms with Crippen LogP contribution in [0.1, 0.15) is 20.8 Å². The summed E-state index contributed by atoms with van der Waals surface area (Å²) in [6.07, 6.45) is 1.58. The van der Waals surface area contributed by atoms with Crippen molar-refractivity contribution < 1.29 is 22.7 Å². The van der Waals surface area contributed by atoms with Gasteiger partial charge in [0.05, 0.1) is 46.5 Å². The van der Waals surface area contributed by atoms with Gasteiger partial charge in [-0.3, -0.25) is 4.79 Å². The van der Waals surface area contributed by atoms with E-state index in [0.29, 0.717) is 41.6 Å². The van der Waals surface area contributed by atoms with Crippen LogP contribution in [0.15, 0.2) is 94.6 Å². The van der Waals surface area contributed by atoms with Gasteiger partial charge in [0.15, 0.2) is 0 Å². The number of nitrogens with two attached hydrogens (primary N) is 2. The number of amides is 1. The first-order chi connectivity index (χ1) is 18.2. The minimum absolute atomic E-state index is 0.0337. The monoisotopic (exact) mass is 537 g/mol. The molecule has 3 aromatic rings. The third-order valence-electron chi connectivity index (χ3n) is 5.25. The molecule has 1 amide bonds. The highest BCUT2D eigenvalue weighted by Crippen LogP contribution is 2.27. The van der Waals surface area contributed by atoms with Crippen molar-refractivity contribution in [1.82, 2.24) is 0 Å². The molecule has 0 fully saturated rings. The van der Waals surface area contributed by atoms with Gasteiger partial charge in [-0.25, -0.2) is 13.6 Å². The first kappa shape index (κ1) is 28.2. The molecule has 0 bridgehead atoms. The second-order valence-corrected chi connectivity index (χ2v) is 9.51. The quantitative estimate of drug-likeness (QED) is 0.289. The number of anilines is 3. The Morgan fingerprint density at radius 1 is 0.921 bits per heavy atom. The molecule has 3 aromatic carbocycles. The molecule has 10 nitrogen and oxygen atoms in total. The van der Waals surface area contributed by atoms with Crippen molar-refractivity contribution >= 4 is 38.7 Å². The molecule has 0 saturated heterocycles. The van der Waals surface area contributed by atoms with Crippen molar-refractivity contribution in [2.75, 3.05) is 29.3 Å². The van der Waals surface area contributed by atoms with Gasteiger partial charge >= 0.3 is 0 Å². The zero-order valence-electron chi connectivity index (χ0n) is 21.4. The molecule has 1 heterocycles. The molecule has 4 rings (SSSR count). The average Bonchev–Trinajstić information content (AvgIpc) is 3.18. The topological polar surface area (TPSA) is 149 Å². The minimum atomic E-state index is -3.80. The lowest BCUT2D eigenvalue weighted by Crippen LogP contribution is -2.22. The standard InChI is InChI=1S/C19H20N4O4S.C8H11NO/c1-3-27-18-7-5-4-6-17(18)21-12-16-13(2)22-23(19(16)24)14-8-10-15(11-9-14)28(20,25)26;1-2-10-8-6-4-3-5-7(8)9/h4-12,21H,3H2,1-2H3,(H2,20,25,26);3-6H,2,9H2,1H3/b16-12-;. The Kier molecular flexibility index (Phi) is 9.47. The van der Waals surface area contributed by atoms with Gasteiger partial charge in [-0.05, 0) is 69.3 Å². The van der Waals surface area contributed by atoms with Crippen LogP contribution in [-0.4, -0.2) is 33.3 Å². The largest absolute Gasteiger partial charge is 0.492 e. The number of hydrogen-bond donors (Lipinski definition) is 3. The van der Waals surface area contributed by atoms with Crippen LogP contribution in [-0.2, 0) is 14.8 Å². The number of sulfonamides is 1. The van der Waals surface area contributed by atoms with E-state index in [-0.39, 0.29) is 10.8 Å². The van der Waals surface area contributed by atoms with E-state index in [2.05, 4.69) is 10.4 Å². The van der Waals surface area contributed by atoms with Gasteiger partial charge in [-0.15, -0.1) is 0 Å². The van der Waals surface area contributed by atoms with Gasteiger partial charge in [0.25, 0.3) is 5.91 Å². The van der Waals surface area contributed by atoms with Crippen LogP contribution in [0.4, 0.5) is 17.1 Å². The summed E-state index contributed by atoms with van der Waals surface area (Å²) in [5.41, 5.74) is 8.37. The number of primary sulfonamides is 1. The molecular weight excluding hydrogens is 506 g/mol. The maximum atomic E-state index is 12.8. The fourth-order valence-electron chi connectivity index (χ4n) is 3.42. The Bertz CT molecular complexity index is 1440. The van der Waals surface area contributed by atoms with Gasteiger partial charge in [-0.2, -0.15) is 10.1 Å². The number of para-hydroxylation sites is 4. The maximum Gasteiger partial charge on any atom is 0.282 e. The van der Waals surface area contributed by atoms with E-state index in [0.717, 1.165) is 11.4 Å². The van der Waals surface area contributed by atoms with Crippen LogP contribution in [0.25, 0.3) is 0 Å². The van der Waals surface area contributed by atoms with E-state index in [1.807, 2.05) is 62.4 Å². The van der Waals surface area contributed by atoms with E-state index in [4.69, 9.17) is 20.3 Å². The average molecular weight is 538 g/mol. The van der Waals surface area contributed by atoms with E-state index in [9.17, 15) is 13.2 Å². The molecule has 0 spiro atoms. The molecule has 0 radical (unpaired) electrons. The Hall–Kier alpha value is -4.35. The van der Waals surface area contributed by atoms with Crippen molar-refractivity contribution in [3.8, 4) is 11.5 Å². The van der Waals surface area contributed by atoms with Crippen LogP contribution in [0.3, 0.4) is 0 Å². The minimum Gasteiger partial charge on any atom is -0.492 e. The van der Waals surface area contributed by atoms with E-state index >= 15 is 0 Å². The number of carbonyl (C=O) groups excluding carboxylic acids is 1. The van der Waals surface area contributed by atoms with Gasteiger partial charge in [0.2, 0.25) is 10.0 Å². The summed E-state index contributed by atoms with van der Waals surface area (Å²) < 4.78 is 33.5. The third-order valence-corrected chi connectivity index (χ3v) is 6.18. The Morgan fingerprint density at radius 2 is 1.50 bits per heavy atom.